The summed E-state index contributed by atoms with van der Waals surface area (Å²) in [4.78, 5) is 21.9. The third-order valence-corrected chi connectivity index (χ3v) is 8.72. The summed E-state index contributed by atoms with van der Waals surface area (Å²) in [6.07, 6.45) is 7.34. The van der Waals surface area contributed by atoms with Crippen molar-refractivity contribution in [1.82, 2.24) is 9.97 Å². The van der Waals surface area contributed by atoms with Crippen LogP contribution in [0.3, 0.4) is 0 Å². The Bertz CT molecular complexity index is 1690. The van der Waals surface area contributed by atoms with E-state index in [0.717, 1.165) is 40.8 Å². The second-order valence-corrected chi connectivity index (χ2v) is 11.1. The first-order valence-corrected chi connectivity index (χ1v) is 14.2. The molecule has 204 valence electrons. The van der Waals surface area contributed by atoms with Crippen LogP contribution in [0.15, 0.2) is 109 Å². The summed E-state index contributed by atoms with van der Waals surface area (Å²) in [5, 5.41) is 3.91. The number of pyridine rings is 2. The van der Waals surface area contributed by atoms with Crippen molar-refractivity contribution in [3.05, 3.63) is 126 Å². The van der Waals surface area contributed by atoms with Crippen molar-refractivity contribution in [3.8, 4) is 11.5 Å². The minimum Gasteiger partial charge on any atom is -0.487 e. The van der Waals surface area contributed by atoms with Gasteiger partial charge in [0.2, 0.25) is 0 Å². The summed E-state index contributed by atoms with van der Waals surface area (Å²) >= 11 is 0. The van der Waals surface area contributed by atoms with Crippen molar-refractivity contribution in [2.75, 3.05) is 5.32 Å². The van der Waals surface area contributed by atoms with Gasteiger partial charge in [0.1, 0.15) is 18.1 Å². The highest BCUT2D eigenvalue weighted by atomic mass is 16.6. The highest BCUT2D eigenvalue weighted by molar-refractivity contribution is 5.86. The Morgan fingerprint density at radius 3 is 2.61 bits per heavy atom. The average Bonchev–Trinajstić information content (AvgIpc) is 3.64. The van der Waals surface area contributed by atoms with Crippen molar-refractivity contribution < 1.29 is 14.3 Å². The molecule has 7 rings (SSSR count). The van der Waals surface area contributed by atoms with Gasteiger partial charge in [-0.2, -0.15) is 0 Å². The van der Waals surface area contributed by atoms with Gasteiger partial charge in [-0.15, -0.1) is 0 Å². The SMILES string of the molecule is O=C(Nc1cccnc1)Oc1ccc(OCc2ccc3ccccc3n2)cc1C1(c2ccccc2)CC2CCC1C2. The second kappa shape index (κ2) is 10.7. The second-order valence-electron chi connectivity index (χ2n) is 11.1. The Balaban J connectivity index is 1.24. The van der Waals surface area contributed by atoms with Crippen molar-refractivity contribution in [3.63, 3.8) is 0 Å². The molecule has 3 unspecified atom stereocenters. The zero-order chi connectivity index (χ0) is 27.6. The number of hydrogen-bond acceptors (Lipinski definition) is 5. The maximum absolute atomic E-state index is 13.1. The summed E-state index contributed by atoms with van der Waals surface area (Å²) in [7, 11) is 0. The van der Waals surface area contributed by atoms with Crippen molar-refractivity contribution >= 4 is 22.7 Å². The zero-order valence-corrected chi connectivity index (χ0v) is 22.7. The topological polar surface area (TPSA) is 73.3 Å². The van der Waals surface area contributed by atoms with Crippen molar-refractivity contribution in [2.45, 2.75) is 37.7 Å². The maximum atomic E-state index is 13.1. The lowest BCUT2D eigenvalue weighted by molar-refractivity contribution is 0.212. The van der Waals surface area contributed by atoms with Crippen molar-refractivity contribution in [2.24, 2.45) is 11.8 Å². The van der Waals surface area contributed by atoms with Crippen LogP contribution < -0.4 is 14.8 Å². The smallest absolute Gasteiger partial charge is 0.417 e. The molecule has 41 heavy (non-hydrogen) atoms. The number of rotatable bonds is 7. The quantitative estimate of drug-likeness (QED) is 0.227. The number of carbonyl (C=O) groups is 1. The van der Waals surface area contributed by atoms with Gasteiger partial charge in [-0.3, -0.25) is 10.3 Å². The summed E-state index contributed by atoms with van der Waals surface area (Å²) < 4.78 is 12.4. The Morgan fingerprint density at radius 2 is 1.80 bits per heavy atom. The molecular weight excluding hydrogens is 510 g/mol. The number of ether oxygens (including phenoxy) is 2. The van der Waals surface area contributed by atoms with E-state index in [1.165, 1.54) is 18.4 Å². The van der Waals surface area contributed by atoms with E-state index >= 15 is 0 Å². The molecule has 0 saturated heterocycles. The molecule has 2 aliphatic rings. The van der Waals surface area contributed by atoms with E-state index in [4.69, 9.17) is 14.5 Å². The minimum absolute atomic E-state index is 0.255. The van der Waals surface area contributed by atoms with Gasteiger partial charge in [-0.25, -0.2) is 9.78 Å². The molecule has 0 spiro atoms. The van der Waals surface area contributed by atoms with E-state index in [9.17, 15) is 4.79 Å². The maximum Gasteiger partial charge on any atom is 0.417 e. The molecule has 3 atom stereocenters. The van der Waals surface area contributed by atoms with Gasteiger partial charge in [-0.1, -0.05) is 61.0 Å². The third kappa shape index (κ3) is 4.91. The normalized spacial score (nSPS) is 21.1. The summed E-state index contributed by atoms with van der Waals surface area (Å²) in [5.74, 6) is 2.41. The fraction of sp³-hybridized carbons (Fsp3) is 0.229. The van der Waals surface area contributed by atoms with E-state index in [1.807, 2.05) is 36.4 Å². The summed E-state index contributed by atoms with van der Waals surface area (Å²) in [6, 6.07) is 32.2. The van der Waals surface area contributed by atoms with E-state index in [1.54, 1.807) is 24.5 Å². The number of nitrogens with zero attached hydrogens (tertiary/aromatic N) is 2. The van der Waals surface area contributed by atoms with Crippen molar-refractivity contribution in [1.29, 1.82) is 0 Å². The minimum atomic E-state index is -0.542. The van der Waals surface area contributed by atoms with Crippen LogP contribution in [0.25, 0.3) is 10.9 Å². The Kier molecular flexibility index (Phi) is 6.59. The predicted molar refractivity (Wildman–Crippen MR) is 159 cm³/mol. The predicted octanol–water partition coefficient (Wildman–Crippen LogP) is 7.93. The molecule has 2 bridgehead atoms. The summed E-state index contributed by atoms with van der Waals surface area (Å²) in [6.45, 7) is 0.344. The number of aromatic nitrogens is 2. The molecule has 6 heteroatoms. The number of fused-ring (bicyclic) bond motifs is 3. The molecule has 1 N–H and O–H groups in total. The number of para-hydroxylation sites is 1. The molecule has 2 saturated carbocycles. The van der Waals surface area contributed by atoms with Crippen LogP contribution in [-0.4, -0.2) is 16.1 Å². The molecule has 6 nitrogen and oxygen atoms in total. The highest BCUT2D eigenvalue weighted by Gasteiger charge is 2.54. The Labute approximate surface area is 239 Å². The van der Waals surface area contributed by atoms with Crippen LogP contribution in [-0.2, 0) is 12.0 Å². The van der Waals surface area contributed by atoms with E-state index in [0.29, 0.717) is 29.9 Å². The van der Waals surface area contributed by atoms with Crippen LogP contribution >= 0.6 is 0 Å². The monoisotopic (exact) mass is 541 g/mol. The van der Waals surface area contributed by atoms with E-state index < -0.39 is 6.09 Å². The molecule has 3 aromatic carbocycles. The molecule has 2 fully saturated rings. The number of nitrogens with one attached hydrogen (secondary N) is 1. The molecule has 2 aliphatic carbocycles. The summed E-state index contributed by atoms with van der Waals surface area (Å²) in [5.41, 5.74) is 4.40. The number of hydrogen-bond donors (Lipinski definition) is 1. The molecular formula is C35H31N3O3. The number of carbonyl (C=O) groups excluding carboxylic acids is 1. The van der Waals surface area contributed by atoms with E-state index in [-0.39, 0.29) is 5.41 Å². The lowest BCUT2D eigenvalue weighted by Crippen LogP contribution is -2.35. The lowest BCUT2D eigenvalue weighted by Gasteiger charge is -2.40. The highest BCUT2D eigenvalue weighted by Crippen LogP contribution is 2.61. The Hall–Kier alpha value is -4.71. The zero-order valence-electron chi connectivity index (χ0n) is 22.7. The van der Waals surface area contributed by atoms with Crippen LogP contribution in [0.1, 0.15) is 42.5 Å². The molecule has 2 aromatic heterocycles. The van der Waals surface area contributed by atoms with Crippen LogP contribution in [0.2, 0.25) is 0 Å². The first kappa shape index (κ1) is 25.3. The van der Waals surface area contributed by atoms with Gasteiger partial charge >= 0.3 is 6.09 Å². The van der Waals surface area contributed by atoms with Gasteiger partial charge in [0.25, 0.3) is 0 Å². The largest absolute Gasteiger partial charge is 0.487 e. The number of anilines is 1. The van der Waals surface area contributed by atoms with Crippen LogP contribution in [0.5, 0.6) is 11.5 Å². The number of benzene rings is 3. The van der Waals surface area contributed by atoms with Gasteiger partial charge < -0.3 is 9.47 Å². The fourth-order valence-corrected chi connectivity index (χ4v) is 6.97. The van der Waals surface area contributed by atoms with Crippen LogP contribution in [0, 0.1) is 11.8 Å². The molecule has 5 aromatic rings. The van der Waals surface area contributed by atoms with Gasteiger partial charge in [-0.05, 0) is 79.1 Å². The molecule has 1 amide bonds. The lowest BCUT2D eigenvalue weighted by atomic mass is 9.64. The van der Waals surface area contributed by atoms with Gasteiger partial charge in [0.05, 0.1) is 23.1 Å². The fourth-order valence-electron chi connectivity index (χ4n) is 6.97. The first-order valence-electron chi connectivity index (χ1n) is 14.2. The van der Waals surface area contributed by atoms with E-state index in [2.05, 4.69) is 58.8 Å². The van der Waals surface area contributed by atoms with Crippen LogP contribution in [0.4, 0.5) is 10.5 Å². The van der Waals surface area contributed by atoms with Gasteiger partial charge in [0.15, 0.2) is 0 Å². The first-order chi connectivity index (χ1) is 20.2. The molecule has 0 radical (unpaired) electrons. The standard InChI is InChI=1S/C35H31N3O3/c39-34(38-28-10-6-18-36-22-28)41-33-17-16-30(40-23-29-15-13-25-7-4-5-11-32(25)37-29)20-31(33)35(26-8-2-1-3-9-26)21-24-12-14-27(35)19-24/h1-11,13,15-18,20,22,24,27H,12,14,19,21,23H2,(H,38,39). The third-order valence-electron chi connectivity index (χ3n) is 8.72. The Morgan fingerprint density at radius 1 is 0.927 bits per heavy atom. The average molecular weight is 542 g/mol. The molecule has 2 heterocycles. The van der Waals surface area contributed by atoms with Gasteiger partial charge in [0, 0.05) is 22.6 Å². The molecule has 0 aliphatic heterocycles. The number of amides is 1.